The lowest BCUT2D eigenvalue weighted by molar-refractivity contribution is 0.589. The average molecular weight is 261 g/mol. The Labute approximate surface area is 112 Å². The molecule has 0 bridgehead atoms. The third kappa shape index (κ3) is 3.91. The Kier molecular flexibility index (Phi) is 5.33. The van der Waals surface area contributed by atoms with Crippen molar-refractivity contribution in [2.45, 2.75) is 12.3 Å². The van der Waals surface area contributed by atoms with E-state index < -0.39 is 0 Å². The summed E-state index contributed by atoms with van der Waals surface area (Å²) < 4.78 is 0. The molecule has 1 aromatic heterocycles. The molecule has 1 aromatic carbocycles. The van der Waals surface area contributed by atoms with Crippen LogP contribution in [0.25, 0.3) is 0 Å². The molecule has 3 nitrogen and oxygen atoms in total. The second kappa shape index (κ2) is 7.26. The fourth-order valence-corrected chi connectivity index (χ4v) is 2.53. The number of thiazole rings is 1. The second-order valence-corrected chi connectivity index (χ2v) is 5.20. The first kappa shape index (κ1) is 13.2. The first-order valence-electron chi connectivity index (χ1n) is 6.24. The van der Waals surface area contributed by atoms with Crippen LogP contribution in [0.1, 0.15) is 16.5 Å². The zero-order chi connectivity index (χ0) is 12.6. The van der Waals surface area contributed by atoms with Crippen molar-refractivity contribution in [1.82, 2.24) is 10.3 Å². The van der Waals surface area contributed by atoms with Crippen LogP contribution < -0.4 is 11.1 Å². The summed E-state index contributed by atoms with van der Waals surface area (Å²) in [6, 6.07) is 10.4. The Morgan fingerprint density at radius 2 is 2.11 bits per heavy atom. The summed E-state index contributed by atoms with van der Waals surface area (Å²) in [5.41, 5.74) is 7.14. The molecule has 2 aromatic rings. The number of nitrogens with one attached hydrogen (secondary N) is 1. The van der Waals surface area contributed by atoms with Crippen LogP contribution in [0, 0.1) is 0 Å². The molecule has 0 fully saturated rings. The Bertz CT molecular complexity index is 428. The van der Waals surface area contributed by atoms with Gasteiger partial charge in [-0.15, -0.1) is 11.3 Å². The van der Waals surface area contributed by atoms with Gasteiger partial charge in [-0.3, -0.25) is 0 Å². The number of aromatic nitrogens is 1. The van der Waals surface area contributed by atoms with Crippen LogP contribution >= 0.6 is 11.3 Å². The molecule has 1 heterocycles. The van der Waals surface area contributed by atoms with E-state index in [4.69, 9.17) is 5.73 Å². The molecule has 0 radical (unpaired) electrons. The molecule has 18 heavy (non-hydrogen) atoms. The molecule has 0 spiro atoms. The van der Waals surface area contributed by atoms with Crippen LogP contribution in [0.3, 0.4) is 0 Å². The minimum absolute atomic E-state index is 0.391. The van der Waals surface area contributed by atoms with Gasteiger partial charge in [-0.25, -0.2) is 4.98 Å². The molecule has 3 N–H and O–H groups in total. The van der Waals surface area contributed by atoms with Gasteiger partial charge in [0, 0.05) is 43.5 Å². The largest absolute Gasteiger partial charge is 0.330 e. The number of benzene rings is 1. The maximum atomic E-state index is 5.83. The van der Waals surface area contributed by atoms with E-state index in [9.17, 15) is 0 Å². The Morgan fingerprint density at radius 1 is 1.28 bits per heavy atom. The van der Waals surface area contributed by atoms with Gasteiger partial charge in [0.05, 0.1) is 5.01 Å². The lowest BCUT2D eigenvalue weighted by Crippen LogP contribution is -2.28. The average Bonchev–Trinajstić information content (AvgIpc) is 2.93. The van der Waals surface area contributed by atoms with E-state index in [-0.39, 0.29) is 0 Å². The van der Waals surface area contributed by atoms with Crippen molar-refractivity contribution < 1.29 is 0 Å². The molecule has 0 aliphatic rings. The van der Waals surface area contributed by atoms with Gasteiger partial charge in [0.25, 0.3) is 0 Å². The molecular weight excluding hydrogens is 242 g/mol. The molecule has 0 amide bonds. The van der Waals surface area contributed by atoms with Gasteiger partial charge in [-0.05, 0) is 5.56 Å². The van der Waals surface area contributed by atoms with E-state index in [2.05, 4.69) is 34.6 Å². The van der Waals surface area contributed by atoms with E-state index in [1.807, 2.05) is 17.6 Å². The highest BCUT2D eigenvalue weighted by atomic mass is 32.1. The van der Waals surface area contributed by atoms with E-state index in [0.29, 0.717) is 12.5 Å². The topological polar surface area (TPSA) is 50.9 Å². The highest BCUT2D eigenvalue weighted by Gasteiger charge is 2.08. The van der Waals surface area contributed by atoms with Crippen molar-refractivity contribution in [1.29, 1.82) is 0 Å². The van der Waals surface area contributed by atoms with Gasteiger partial charge in [0.2, 0.25) is 0 Å². The van der Waals surface area contributed by atoms with Crippen LogP contribution in [0.5, 0.6) is 0 Å². The Balaban J connectivity index is 1.74. The van der Waals surface area contributed by atoms with Crippen LogP contribution in [-0.2, 0) is 6.42 Å². The minimum atomic E-state index is 0.391. The number of nitrogens with two attached hydrogens (primary N) is 1. The highest BCUT2D eigenvalue weighted by Crippen LogP contribution is 2.12. The monoisotopic (exact) mass is 261 g/mol. The highest BCUT2D eigenvalue weighted by molar-refractivity contribution is 7.09. The van der Waals surface area contributed by atoms with E-state index >= 15 is 0 Å². The molecule has 2 rings (SSSR count). The smallest absolute Gasteiger partial charge is 0.0937 e. The molecular formula is C14H19N3S. The fourth-order valence-electron chi connectivity index (χ4n) is 1.91. The number of nitrogens with zero attached hydrogens (tertiary/aromatic N) is 1. The van der Waals surface area contributed by atoms with E-state index in [1.54, 1.807) is 11.3 Å². The first-order valence-corrected chi connectivity index (χ1v) is 7.12. The minimum Gasteiger partial charge on any atom is -0.330 e. The maximum Gasteiger partial charge on any atom is 0.0937 e. The van der Waals surface area contributed by atoms with Gasteiger partial charge < -0.3 is 11.1 Å². The third-order valence-corrected chi connectivity index (χ3v) is 3.78. The van der Waals surface area contributed by atoms with Crippen molar-refractivity contribution in [3.63, 3.8) is 0 Å². The quantitative estimate of drug-likeness (QED) is 0.750. The SMILES string of the molecule is NCC(CNCCc1nccs1)c1ccccc1. The molecule has 0 saturated heterocycles. The molecule has 1 atom stereocenters. The summed E-state index contributed by atoms with van der Waals surface area (Å²) in [6.45, 7) is 2.55. The standard InChI is InChI=1S/C14H19N3S/c15-10-13(12-4-2-1-3-5-12)11-16-7-6-14-17-8-9-18-14/h1-5,8-9,13,16H,6-7,10-11,15H2. The molecule has 0 saturated carbocycles. The van der Waals surface area contributed by atoms with Gasteiger partial charge >= 0.3 is 0 Å². The van der Waals surface area contributed by atoms with Gasteiger partial charge in [-0.1, -0.05) is 30.3 Å². The molecule has 96 valence electrons. The summed E-state index contributed by atoms with van der Waals surface area (Å²) >= 11 is 1.71. The lowest BCUT2D eigenvalue weighted by atomic mass is 9.99. The van der Waals surface area contributed by atoms with Crippen molar-refractivity contribution in [3.05, 3.63) is 52.5 Å². The molecule has 0 aliphatic heterocycles. The van der Waals surface area contributed by atoms with Gasteiger partial charge in [-0.2, -0.15) is 0 Å². The summed E-state index contributed by atoms with van der Waals surface area (Å²) in [7, 11) is 0. The van der Waals surface area contributed by atoms with Crippen LogP contribution in [0.15, 0.2) is 41.9 Å². The Hall–Kier alpha value is -1.23. The van der Waals surface area contributed by atoms with Crippen molar-refractivity contribution >= 4 is 11.3 Å². The van der Waals surface area contributed by atoms with Crippen LogP contribution in [-0.4, -0.2) is 24.6 Å². The zero-order valence-corrected chi connectivity index (χ0v) is 11.2. The van der Waals surface area contributed by atoms with E-state index in [1.165, 1.54) is 10.6 Å². The van der Waals surface area contributed by atoms with Crippen LogP contribution in [0.4, 0.5) is 0 Å². The lowest BCUT2D eigenvalue weighted by Gasteiger charge is -2.15. The molecule has 0 aliphatic carbocycles. The number of hydrogen-bond donors (Lipinski definition) is 2. The summed E-state index contributed by atoms with van der Waals surface area (Å²) in [6.07, 6.45) is 2.84. The third-order valence-electron chi connectivity index (χ3n) is 2.95. The van der Waals surface area contributed by atoms with Gasteiger partial charge in [0.1, 0.15) is 0 Å². The summed E-state index contributed by atoms with van der Waals surface area (Å²) in [5.74, 6) is 0.391. The van der Waals surface area contributed by atoms with Crippen molar-refractivity contribution in [2.24, 2.45) is 5.73 Å². The van der Waals surface area contributed by atoms with Crippen LogP contribution in [0.2, 0.25) is 0 Å². The zero-order valence-electron chi connectivity index (χ0n) is 10.4. The number of rotatable bonds is 7. The number of hydrogen-bond acceptors (Lipinski definition) is 4. The predicted octanol–water partition coefficient (Wildman–Crippen LogP) is 2.02. The first-order chi connectivity index (χ1) is 8.90. The summed E-state index contributed by atoms with van der Waals surface area (Å²) in [4.78, 5) is 4.27. The normalized spacial score (nSPS) is 12.5. The predicted molar refractivity (Wildman–Crippen MR) is 76.9 cm³/mol. The van der Waals surface area contributed by atoms with Crippen molar-refractivity contribution in [2.75, 3.05) is 19.6 Å². The molecule has 1 unspecified atom stereocenters. The fraction of sp³-hybridized carbons (Fsp3) is 0.357. The molecule has 4 heteroatoms. The summed E-state index contributed by atoms with van der Waals surface area (Å²) in [5, 5.41) is 6.66. The maximum absolute atomic E-state index is 5.83. The van der Waals surface area contributed by atoms with Crippen molar-refractivity contribution in [3.8, 4) is 0 Å². The van der Waals surface area contributed by atoms with Gasteiger partial charge in [0.15, 0.2) is 0 Å². The van der Waals surface area contributed by atoms with E-state index in [0.717, 1.165) is 19.5 Å². The Morgan fingerprint density at radius 3 is 2.78 bits per heavy atom. The second-order valence-electron chi connectivity index (χ2n) is 4.22.